The number of hydrogen-bond acceptors (Lipinski definition) is 5. The van der Waals surface area contributed by atoms with Gasteiger partial charge >= 0.3 is 6.03 Å². The van der Waals surface area contributed by atoms with Crippen LogP contribution in [0, 0.1) is 0 Å². The van der Waals surface area contributed by atoms with Crippen molar-refractivity contribution in [1.29, 1.82) is 0 Å². The van der Waals surface area contributed by atoms with Crippen LogP contribution in [0.3, 0.4) is 0 Å². The van der Waals surface area contributed by atoms with Crippen LogP contribution in [0.15, 0.2) is 54.7 Å². The van der Waals surface area contributed by atoms with E-state index in [2.05, 4.69) is 21.4 Å². The molecule has 9 nitrogen and oxygen atoms in total. The van der Waals surface area contributed by atoms with Crippen molar-refractivity contribution in [3.05, 3.63) is 66.1 Å². The summed E-state index contributed by atoms with van der Waals surface area (Å²) in [5.41, 5.74) is 1.81. The molecule has 1 fully saturated rings. The molecule has 5 rings (SSSR count). The number of carbonyl (C=O) groups is 3. The lowest BCUT2D eigenvalue weighted by Gasteiger charge is -2.22. The summed E-state index contributed by atoms with van der Waals surface area (Å²) < 4.78 is 7.36. The summed E-state index contributed by atoms with van der Waals surface area (Å²) >= 11 is 0. The van der Waals surface area contributed by atoms with Crippen LogP contribution in [-0.4, -0.2) is 46.0 Å². The zero-order valence-corrected chi connectivity index (χ0v) is 19.7. The molecule has 1 unspecified atom stereocenters. The summed E-state index contributed by atoms with van der Waals surface area (Å²) in [7, 11) is 1.55. The zero-order valence-electron chi connectivity index (χ0n) is 19.7. The Morgan fingerprint density at radius 3 is 2.54 bits per heavy atom. The van der Waals surface area contributed by atoms with Gasteiger partial charge in [0.1, 0.15) is 23.7 Å². The molecule has 1 aromatic heterocycles. The normalized spacial score (nSPS) is 19.3. The Morgan fingerprint density at radius 1 is 1.11 bits per heavy atom. The molecule has 3 aromatic rings. The minimum Gasteiger partial charge on any atom is -0.497 e. The van der Waals surface area contributed by atoms with Crippen molar-refractivity contribution in [3.63, 3.8) is 0 Å². The zero-order chi connectivity index (χ0) is 24.6. The van der Waals surface area contributed by atoms with Gasteiger partial charge in [0.15, 0.2) is 0 Å². The molecule has 35 heavy (non-hydrogen) atoms. The minimum atomic E-state index is -1.25. The number of anilines is 1. The topological polar surface area (TPSA) is 106 Å². The number of benzene rings is 2. The Labute approximate surface area is 203 Å². The fraction of sp³-hybridized carbons (Fsp3) is 0.308. The van der Waals surface area contributed by atoms with E-state index in [1.807, 2.05) is 12.1 Å². The maximum absolute atomic E-state index is 13.1. The predicted molar refractivity (Wildman–Crippen MR) is 130 cm³/mol. The van der Waals surface area contributed by atoms with Crippen LogP contribution in [0.2, 0.25) is 0 Å². The molecule has 0 spiro atoms. The molecule has 1 saturated heterocycles. The van der Waals surface area contributed by atoms with Crippen molar-refractivity contribution in [2.45, 2.75) is 38.3 Å². The molecule has 3 heterocycles. The highest BCUT2D eigenvalue weighted by atomic mass is 16.5. The van der Waals surface area contributed by atoms with E-state index in [-0.39, 0.29) is 6.54 Å². The SMILES string of the molecule is COc1ccc(C2(C)NC(=O)N(CC(=O)Nc3ccc(-c4cn5c(n4)CCCC5)cc3)C2=O)cc1. The molecule has 1 atom stereocenters. The Balaban J connectivity index is 1.24. The monoisotopic (exact) mass is 473 g/mol. The van der Waals surface area contributed by atoms with Crippen LogP contribution in [0.4, 0.5) is 10.5 Å². The maximum Gasteiger partial charge on any atom is 0.325 e. The fourth-order valence-corrected chi connectivity index (χ4v) is 4.58. The molecule has 2 aliphatic rings. The summed E-state index contributed by atoms with van der Waals surface area (Å²) in [4.78, 5) is 44.0. The molecule has 2 N–H and O–H groups in total. The smallest absolute Gasteiger partial charge is 0.325 e. The van der Waals surface area contributed by atoms with Crippen LogP contribution in [0.1, 0.15) is 31.2 Å². The van der Waals surface area contributed by atoms with E-state index in [9.17, 15) is 14.4 Å². The summed E-state index contributed by atoms with van der Waals surface area (Å²) in [5.74, 6) is 0.808. The molecule has 4 amide bonds. The second kappa shape index (κ2) is 8.90. The Hall–Kier alpha value is -4.14. The van der Waals surface area contributed by atoms with E-state index in [0.717, 1.165) is 41.4 Å². The first-order valence-electron chi connectivity index (χ1n) is 11.6. The van der Waals surface area contributed by atoms with E-state index in [4.69, 9.17) is 9.72 Å². The number of fused-ring (bicyclic) bond motifs is 1. The lowest BCUT2D eigenvalue weighted by atomic mass is 9.92. The van der Waals surface area contributed by atoms with Crippen molar-refractivity contribution in [2.75, 3.05) is 19.0 Å². The van der Waals surface area contributed by atoms with Gasteiger partial charge in [-0.05, 0) is 49.6 Å². The summed E-state index contributed by atoms with van der Waals surface area (Å²) in [6.45, 7) is 2.24. The molecule has 0 aliphatic carbocycles. The quantitative estimate of drug-likeness (QED) is 0.535. The molecule has 0 saturated carbocycles. The lowest BCUT2D eigenvalue weighted by Crippen LogP contribution is -2.42. The number of aromatic nitrogens is 2. The molecule has 9 heteroatoms. The standard InChI is InChI=1S/C26H27N5O4/c1-26(18-8-12-20(35-2)13-9-18)24(33)31(25(34)29-26)16-23(32)27-19-10-6-17(7-11-19)21-15-30-14-4-3-5-22(30)28-21/h6-13,15H,3-5,14,16H2,1-2H3,(H,27,32)(H,29,34). The molecule has 0 bridgehead atoms. The van der Waals surface area contributed by atoms with E-state index in [0.29, 0.717) is 17.0 Å². The van der Waals surface area contributed by atoms with Crippen LogP contribution >= 0.6 is 0 Å². The van der Waals surface area contributed by atoms with E-state index >= 15 is 0 Å². The summed E-state index contributed by atoms with van der Waals surface area (Å²) in [5, 5.41) is 5.47. The van der Waals surface area contributed by atoms with Gasteiger partial charge in [0.25, 0.3) is 5.91 Å². The molecule has 2 aromatic carbocycles. The average molecular weight is 474 g/mol. The van der Waals surface area contributed by atoms with Gasteiger partial charge in [-0.15, -0.1) is 0 Å². The highest BCUT2D eigenvalue weighted by molar-refractivity contribution is 6.10. The first-order valence-corrected chi connectivity index (χ1v) is 11.6. The van der Waals surface area contributed by atoms with Gasteiger partial charge in [-0.1, -0.05) is 24.3 Å². The maximum atomic E-state index is 13.1. The third kappa shape index (κ3) is 4.25. The lowest BCUT2D eigenvalue weighted by molar-refractivity contribution is -0.133. The molecule has 2 aliphatic heterocycles. The molecule has 180 valence electrons. The highest BCUT2D eigenvalue weighted by Crippen LogP contribution is 2.30. The van der Waals surface area contributed by atoms with Crippen molar-refractivity contribution in [1.82, 2.24) is 19.8 Å². The van der Waals surface area contributed by atoms with Crippen LogP contribution in [0.5, 0.6) is 5.75 Å². The minimum absolute atomic E-state index is 0.383. The number of urea groups is 1. The number of nitrogens with zero attached hydrogens (tertiary/aromatic N) is 3. The second-order valence-corrected chi connectivity index (χ2v) is 8.99. The van der Waals surface area contributed by atoms with E-state index in [1.165, 1.54) is 6.42 Å². The van der Waals surface area contributed by atoms with E-state index in [1.54, 1.807) is 50.4 Å². The van der Waals surface area contributed by atoms with Gasteiger partial charge in [-0.25, -0.2) is 9.78 Å². The van der Waals surface area contributed by atoms with Crippen molar-refractivity contribution in [3.8, 4) is 17.0 Å². The van der Waals surface area contributed by atoms with Gasteiger partial charge in [-0.2, -0.15) is 0 Å². The molecule has 0 radical (unpaired) electrons. The van der Waals surface area contributed by atoms with Gasteiger partial charge in [0.05, 0.1) is 12.8 Å². The van der Waals surface area contributed by atoms with E-state index < -0.39 is 23.4 Å². The molecular weight excluding hydrogens is 446 g/mol. The number of imide groups is 1. The fourth-order valence-electron chi connectivity index (χ4n) is 4.58. The van der Waals surface area contributed by atoms with Crippen LogP contribution in [-0.2, 0) is 28.1 Å². The van der Waals surface area contributed by atoms with Gasteiger partial charge in [0.2, 0.25) is 5.91 Å². The van der Waals surface area contributed by atoms with Crippen LogP contribution in [0.25, 0.3) is 11.3 Å². The summed E-state index contributed by atoms with van der Waals surface area (Å²) in [6.07, 6.45) is 5.40. The number of hydrogen-bond donors (Lipinski definition) is 2. The molecular formula is C26H27N5O4. The highest BCUT2D eigenvalue weighted by Gasteiger charge is 2.49. The number of methoxy groups -OCH3 is 1. The van der Waals surface area contributed by atoms with Gasteiger partial charge in [-0.3, -0.25) is 14.5 Å². The number of ether oxygens (including phenoxy) is 1. The van der Waals surface area contributed by atoms with Crippen molar-refractivity contribution in [2.24, 2.45) is 0 Å². The number of amides is 4. The largest absolute Gasteiger partial charge is 0.497 e. The van der Waals surface area contributed by atoms with Crippen molar-refractivity contribution >= 4 is 23.5 Å². The Kier molecular flexibility index (Phi) is 5.76. The third-order valence-corrected chi connectivity index (χ3v) is 6.62. The van der Waals surface area contributed by atoms with Gasteiger partial charge in [0, 0.05) is 30.4 Å². The average Bonchev–Trinajstić information content (AvgIpc) is 3.40. The third-order valence-electron chi connectivity index (χ3n) is 6.62. The number of nitrogens with one attached hydrogen (secondary N) is 2. The first-order chi connectivity index (χ1) is 16.9. The number of aryl methyl sites for hydroxylation is 2. The van der Waals surface area contributed by atoms with Crippen LogP contribution < -0.4 is 15.4 Å². The number of carbonyl (C=O) groups excluding carboxylic acids is 3. The number of imidazole rings is 1. The van der Waals surface area contributed by atoms with Gasteiger partial charge < -0.3 is 19.9 Å². The predicted octanol–water partition coefficient (Wildman–Crippen LogP) is 3.30. The second-order valence-electron chi connectivity index (χ2n) is 8.99. The number of rotatable bonds is 6. The Morgan fingerprint density at radius 2 is 1.86 bits per heavy atom. The summed E-state index contributed by atoms with van der Waals surface area (Å²) in [6, 6.07) is 13.7. The Bertz CT molecular complexity index is 1260. The first kappa shape index (κ1) is 22.6. The van der Waals surface area contributed by atoms with Crippen molar-refractivity contribution < 1.29 is 19.1 Å².